The molecular weight excluding hydrogens is 194 g/mol. The molecule has 0 atom stereocenters. The first kappa shape index (κ1) is 8.54. The van der Waals surface area contributed by atoms with Gasteiger partial charge in [-0.05, 0) is 0 Å². The molecule has 0 saturated carbocycles. The third kappa shape index (κ3) is 7.54. The van der Waals surface area contributed by atoms with Gasteiger partial charge in [0.05, 0.1) is 0 Å². The molecule has 0 aliphatic carbocycles. The minimum atomic E-state index is -1.26. The van der Waals surface area contributed by atoms with Crippen LogP contribution in [0.3, 0.4) is 0 Å². The Hall–Kier alpha value is 1.54. The first-order valence-corrected chi connectivity index (χ1v) is 3.18. The van der Waals surface area contributed by atoms with Gasteiger partial charge >= 0.3 is 69.3 Å². The standard InChI is InChI=1S/C2H2Cl3O.Ti/c3-2(4,5)1-6;/h1H2;/q-1;+1. The number of rotatable bonds is 1. The number of halogens is 3. The summed E-state index contributed by atoms with van der Waals surface area (Å²) in [6, 6.07) is 0. The van der Waals surface area contributed by atoms with E-state index < -0.39 is 3.79 Å². The Morgan fingerprint density at radius 1 is 1.43 bits per heavy atom. The van der Waals surface area contributed by atoms with Crippen LogP contribution in [0.1, 0.15) is 0 Å². The van der Waals surface area contributed by atoms with Crippen LogP contribution in [-0.4, -0.2) is 10.4 Å². The van der Waals surface area contributed by atoms with Gasteiger partial charge in [-0.25, -0.2) is 0 Å². The minimum absolute atomic E-state index is 0.137. The van der Waals surface area contributed by atoms with Gasteiger partial charge in [0, 0.05) is 0 Å². The van der Waals surface area contributed by atoms with Crippen LogP contribution in [-0.2, 0) is 24.1 Å². The summed E-state index contributed by atoms with van der Waals surface area (Å²) in [4.78, 5) is 0. The zero-order valence-electron chi connectivity index (χ0n) is 3.25. The van der Waals surface area contributed by atoms with E-state index in [1.54, 1.807) is 0 Å². The van der Waals surface area contributed by atoms with Crippen LogP contribution in [0, 0.1) is 0 Å². The van der Waals surface area contributed by atoms with E-state index in [0.717, 1.165) is 0 Å². The molecule has 0 aromatic rings. The molecule has 0 radical (unpaired) electrons. The monoisotopic (exact) mass is 195 g/mol. The van der Waals surface area contributed by atoms with Gasteiger partial charge in [-0.2, -0.15) is 0 Å². The third-order valence-electron chi connectivity index (χ3n) is 0.236. The third-order valence-corrected chi connectivity index (χ3v) is 0.789. The second-order valence-corrected chi connectivity index (χ2v) is 3.87. The molecule has 0 heterocycles. The van der Waals surface area contributed by atoms with Crippen molar-refractivity contribution >= 4 is 34.8 Å². The summed E-state index contributed by atoms with van der Waals surface area (Å²) in [5.74, 6) is 0. The first-order chi connectivity index (χ1) is 3.06. The molecule has 0 aromatic heterocycles. The van der Waals surface area contributed by atoms with Gasteiger partial charge in [0.25, 0.3) is 0 Å². The second kappa shape index (κ2) is 3.55. The Kier molecular flexibility index (Phi) is 4.33. The predicted molar refractivity (Wildman–Crippen MR) is 26.2 cm³/mol. The molecule has 0 aromatic carbocycles. The van der Waals surface area contributed by atoms with Crippen molar-refractivity contribution in [2.45, 2.75) is 3.79 Å². The van der Waals surface area contributed by atoms with Crippen molar-refractivity contribution in [1.29, 1.82) is 0 Å². The van der Waals surface area contributed by atoms with Crippen LogP contribution < -0.4 is 0 Å². The molecule has 0 rings (SSSR count). The second-order valence-electron chi connectivity index (χ2n) is 0.904. The van der Waals surface area contributed by atoms with Crippen molar-refractivity contribution in [3.8, 4) is 0 Å². The van der Waals surface area contributed by atoms with Gasteiger partial charge in [0.15, 0.2) is 0 Å². The molecule has 0 bridgehead atoms. The van der Waals surface area contributed by atoms with Crippen molar-refractivity contribution in [3.63, 3.8) is 0 Å². The van der Waals surface area contributed by atoms with Crippen LogP contribution in [0.25, 0.3) is 0 Å². The zero-order chi connectivity index (χ0) is 5.91. The van der Waals surface area contributed by atoms with E-state index >= 15 is 0 Å². The maximum absolute atomic E-state index is 5.24. The molecule has 0 saturated heterocycles. The maximum atomic E-state index is 5.24. The molecule has 0 spiro atoms. The van der Waals surface area contributed by atoms with E-state index in [2.05, 4.69) is 3.32 Å². The molecule has 1 nitrogen and oxygen atoms in total. The van der Waals surface area contributed by atoms with Crippen LogP contribution in [0.4, 0.5) is 0 Å². The van der Waals surface area contributed by atoms with Crippen molar-refractivity contribution in [2.24, 2.45) is 0 Å². The summed E-state index contributed by atoms with van der Waals surface area (Å²) < 4.78 is 3.26. The fourth-order valence-electron chi connectivity index (χ4n) is 0.0818. The quantitative estimate of drug-likeness (QED) is 0.459. The number of alkyl halides is 3. The molecule has 0 fully saturated rings. The normalized spacial score (nSPS) is 11.7. The average Bonchev–Trinajstić information content (AvgIpc) is 1.30. The number of hydrogen-bond acceptors (Lipinski definition) is 1. The van der Waals surface area contributed by atoms with Crippen LogP contribution in [0.2, 0.25) is 0 Å². The Labute approximate surface area is 69.1 Å². The Balaban J connectivity index is 3.15. The topological polar surface area (TPSA) is 9.23 Å². The van der Waals surface area contributed by atoms with E-state index in [1.807, 2.05) is 0 Å². The molecule has 0 amide bonds. The summed E-state index contributed by atoms with van der Waals surface area (Å²) in [7, 11) is 0. The van der Waals surface area contributed by atoms with Gasteiger partial charge in [0.1, 0.15) is 0 Å². The Bertz CT molecular complexity index is 51.4. The van der Waals surface area contributed by atoms with Crippen molar-refractivity contribution in [3.05, 3.63) is 0 Å². The molecule has 0 N–H and O–H groups in total. The average molecular weight is 196 g/mol. The Morgan fingerprint density at radius 2 is 1.86 bits per heavy atom. The number of hydrogen-bond donors (Lipinski definition) is 0. The van der Waals surface area contributed by atoms with Crippen molar-refractivity contribution in [2.75, 3.05) is 6.61 Å². The fourth-order valence-corrected chi connectivity index (χ4v) is 1.01. The molecule has 5 heteroatoms. The summed E-state index contributed by atoms with van der Waals surface area (Å²) in [5, 5.41) is 0. The summed E-state index contributed by atoms with van der Waals surface area (Å²) in [5.41, 5.74) is 0. The van der Waals surface area contributed by atoms with Crippen molar-refractivity contribution < 1.29 is 24.1 Å². The van der Waals surface area contributed by atoms with Crippen LogP contribution in [0.15, 0.2) is 0 Å². The first-order valence-electron chi connectivity index (χ1n) is 1.41. The molecule has 0 unspecified atom stereocenters. The van der Waals surface area contributed by atoms with Gasteiger partial charge in [-0.15, -0.1) is 0 Å². The van der Waals surface area contributed by atoms with Gasteiger partial charge in [-0.1, -0.05) is 0 Å². The molecule has 0 aliphatic rings. The van der Waals surface area contributed by atoms with Crippen LogP contribution in [0.5, 0.6) is 0 Å². The molecule has 41 valence electrons. The molecule has 7 heavy (non-hydrogen) atoms. The van der Waals surface area contributed by atoms with E-state index in [0.29, 0.717) is 0 Å². The van der Waals surface area contributed by atoms with Crippen molar-refractivity contribution in [1.82, 2.24) is 0 Å². The van der Waals surface area contributed by atoms with Crippen LogP contribution >= 0.6 is 34.8 Å². The van der Waals surface area contributed by atoms with Gasteiger partial charge in [-0.3, -0.25) is 0 Å². The zero-order valence-corrected chi connectivity index (χ0v) is 7.08. The molecular formula is C2H2Cl3OTi. The SMILES string of the molecule is ClC(Cl)(Cl)C[O][Ti]. The van der Waals surface area contributed by atoms with E-state index in [-0.39, 0.29) is 6.61 Å². The molecule has 0 aliphatic heterocycles. The van der Waals surface area contributed by atoms with E-state index in [9.17, 15) is 0 Å². The van der Waals surface area contributed by atoms with Gasteiger partial charge in [0.2, 0.25) is 0 Å². The van der Waals surface area contributed by atoms with E-state index in [1.165, 1.54) is 20.8 Å². The fraction of sp³-hybridized carbons (Fsp3) is 1.00. The summed E-state index contributed by atoms with van der Waals surface area (Å²) >= 11 is 17.2. The summed E-state index contributed by atoms with van der Waals surface area (Å²) in [6.07, 6.45) is 0. The summed E-state index contributed by atoms with van der Waals surface area (Å²) in [6.45, 7) is 0.137. The van der Waals surface area contributed by atoms with Gasteiger partial charge < -0.3 is 0 Å². The van der Waals surface area contributed by atoms with E-state index in [4.69, 9.17) is 34.8 Å². The Morgan fingerprint density at radius 3 is 1.86 bits per heavy atom. The predicted octanol–water partition coefficient (Wildman–Crippen LogP) is 1.83.